The molecule has 2 heterocycles. The van der Waals surface area contributed by atoms with Gasteiger partial charge in [0.25, 0.3) is 0 Å². The topological polar surface area (TPSA) is 31.4 Å². The summed E-state index contributed by atoms with van der Waals surface area (Å²) in [4.78, 5) is 4.51. The number of aromatic nitrogens is 1. The summed E-state index contributed by atoms with van der Waals surface area (Å²) in [5.41, 5.74) is 2.59. The van der Waals surface area contributed by atoms with Crippen LogP contribution < -0.4 is 5.46 Å². The Kier molecular flexibility index (Phi) is 3.47. The molecule has 21 heavy (non-hydrogen) atoms. The fourth-order valence-corrected chi connectivity index (χ4v) is 2.91. The van der Waals surface area contributed by atoms with Gasteiger partial charge in [0.2, 0.25) is 0 Å². The zero-order valence-electron chi connectivity index (χ0n) is 13.1. The highest BCUT2D eigenvalue weighted by Crippen LogP contribution is 2.36. The molecule has 5 heteroatoms. The highest BCUT2D eigenvalue weighted by molar-refractivity contribution is 7.09. The molecule has 3 rings (SSSR count). The third-order valence-electron chi connectivity index (χ3n) is 4.35. The Morgan fingerprint density at radius 1 is 1.00 bits per heavy atom. The lowest BCUT2D eigenvalue weighted by atomic mass is 9.79. The molecule has 2 aromatic rings. The van der Waals surface area contributed by atoms with E-state index >= 15 is 0 Å². The van der Waals surface area contributed by atoms with Crippen molar-refractivity contribution in [1.82, 2.24) is 4.98 Å². The van der Waals surface area contributed by atoms with Crippen LogP contribution in [0.25, 0.3) is 11.3 Å². The first kappa shape index (κ1) is 14.8. The molecule has 110 valence electrons. The van der Waals surface area contributed by atoms with Crippen LogP contribution in [0.1, 0.15) is 32.7 Å². The summed E-state index contributed by atoms with van der Waals surface area (Å²) in [5.74, 6) is 0. The molecule has 0 N–H and O–H groups in total. The minimum absolute atomic E-state index is 0.303. The van der Waals surface area contributed by atoms with Gasteiger partial charge in [0, 0.05) is 10.9 Å². The number of nitrogens with zero attached hydrogens (tertiary/aromatic N) is 1. The van der Waals surface area contributed by atoms with Gasteiger partial charge in [-0.3, -0.25) is 0 Å². The van der Waals surface area contributed by atoms with E-state index in [-0.39, 0.29) is 18.3 Å². The summed E-state index contributed by atoms with van der Waals surface area (Å²) >= 11 is 1.67. The van der Waals surface area contributed by atoms with Crippen molar-refractivity contribution in [2.24, 2.45) is 0 Å². The molecule has 1 aliphatic heterocycles. The first-order valence-corrected chi connectivity index (χ1v) is 8.05. The van der Waals surface area contributed by atoms with E-state index in [1.807, 2.05) is 6.92 Å². The van der Waals surface area contributed by atoms with Gasteiger partial charge in [0.05, 0.1) is 21.9 Å². The summed E-state index contributed by atoms with van der Waals surface area (Å²) in [5, 5.41) is 3.17. The summed E-state index contributed by atoms with van der Waals surface area (Å²) in [6.07, 6.45) is 0. The molecule has 1 fully saturated rings. The largest absolute Gasteiger partial charge is 0.494 e. The summed E-state index contributed by atoms with van der Waals surface area (Å²) < 4.78 is 12.1. The van der Waals surface area contributed by atoms with Gasteiger partial charge < -0.3 is 9.31 Å². The Morgan fingerprint density at radius 3 is 2.05 bits per heavy atom. The second-order valence-electron chi connectivity index (χ2n) is 6.46. The third-order valence-corrected chi connectivity index (χ3v) is 5.12. The van der Waals surface area contributed by atoms with Crippen LogP contribution >= 0.6 is 11.3 Å². The molecule has 0 bridgehead atoms. The van der Waals surface area contributed by atoms with E-state index in [1.54, 1.807) is 11.3 Å². The Bertz CT molecular complexity index is 633. The predicted molar refractivity (Wildman–Crippen MR) is 88.0 cm³/mol. The molecule has 1 aromatic heterocycles. The predicted octanol–water partition coefficient (Wildman–Crippen LogP) is 3.42. The van der Waals surface area contributed by atoms with Crippen LogP contribution in [-0.2, 0) is 9.31 Å². The number of thiazole rings is 1. The number of rotatable bonds is 2. The van der Waals surface area contributed by atoms with Gasteiger partial charge in [0.1, 0.15) is 0 Å². The van der Waals surface area contributed by atoms with Crippen molar-refractivity contribution in [2.45, 2.75) is 45.8 Å². The van der Waals surface area contributed by atoms with Crippen LogP contribution in [-0.4, -0.2) is 23.3 Å². The first-order chi connectivity index (χ1) is 9.78. The van der Waals surface area contributed by atoms with Gasteiger partial charge in [-0.15, -0.1) is 11.3 Å². The van der Waals surface area contributed by atoms with E-state index in [0.717, 1.165) is 21.7 Å². The molecule has 1 aromatic carbocycles. The molecule has 0 saturated carbocycles. The summed E-state index contributed by atoms with van der Waals surface area (Å²) in [6.45, 7) is 10.3. The van der Waals surface area contributed by atoms with E-state index in [0.29, 0.717) is 0 Å². The lowest BCUT2D eigenvalue weighted by Crippen LogP contribution is -2.41. The van der Waals surface area contributed by atoms with Gasteiger partial charge >= 0.3 is 7.12 Å². The van der Waals surface area contributed by atoms with E-state index in [9.17, 15) is 0 Å². The maximum absolute atomic E-state index is 6.06. The van der Waals surface area contributed by atoms with Crippen molar-refractivity contribution in [3.8, 4) is 11.3 Å². The van der Waals surface area contributed by atoms with Crippen molar-refractivity contribution in [1.29, 1.82) is 0 Å². The summed E-state index contributed by atoms with van der Waals surface area (Å²) in [7, 11) is -0.304. The van der Waals surface area contributed by atoms with Gasteiger partial charge in [-0.2, -0.15) is 0 Å². The maximum atomic E-state index is 6.06. The molecule has 1 saturated heterocycles. The van der Waals surface area contributed by atoms with Crippen LogP contribution in [0.3, 0.4) is 0 Å². The monoisotopic (exact) mass is 301 g/mol. The lowest BCUT2D eigenvalue weighted by Gasteiger charge is -2.32. The Balaban J connectivity index is 1.83. The Labute approximate surface area is 130 Å². The standard InChI is InChI=1S/C16H20BNO2S/c1-11-18-14(10-21-11)12-6-8-13(9-7-12)17-19-15(2,3)16(4,5)20-17/h6-10H,1-5H3. The van der Waals surface area contributed by atoms with Gasteiger partial charge in [-0.05, 0) is 40.1 Å². The van der Waals surface area contributed by atoms with Crippen molar-refractivity contribution < 1.29 is 9.31 Å². The molecule has 0 spiro atoms. The quantitative estimate of drug-likeness (QED) is 0.797. The van der Waals surface area contributed by atoms with E-state index in [1.165, 1.54) is 0 Å². The molecule has 1 aliphatic rings. The highest BCUT2D eigenvalue weighted by Gasteiger charge is 2.51. The molecule has 0 aliphatic carbocycles. The Hall–Kier alpha value is -1.17. The van der Waals surface area contributed by atoms with Gasteiger partial charge in [-0.25, -0.2) is 4.98 Å². The van der Waals surface area contributed by atoms with Crippen LogP contribution in [0.5, 0.6) is 0 Å². The van der Waals surface area contributed by atoms with Crippen LogP contribution in [0.2, 0.25) is 0 Å². The second kappa shape index (κ2) is 4.94. The maximum Gasteiger partial charge on any atom is 0.494 e. The fourth-order valence-electron chi connectivity index (χ4n) is 2.29. The molecular formula is C16H20BNO2S. The smallest absolute Gasteiger partial charge is 0.399 e. The van der Waals surface area contributed by atoms with E-state index in [2.05, 4.69) is 62.3 Å². The molecule has 0 amide bonds. The molecule has 0 atom stereocenters. The fraction of sp³-hybridized carbons (Fsp3) is 0.438. The molecule has 3 nitrogen and oxygen atoms in total. The number of benzene rings is 1. The minimum Gasteiger partial charge on any atom is -0.399 e. The molecule has 0 unspecified atom stereocenters. The van der Waals surface area contributed by atoms with Gasteiger partial charge in [-0.1, -0.05) is 24.3 Å². The van der Waals surface area contributed by atoms with Crippen LogP contribution in [0.4, 0.5) is 0 Å². The van der Waals surface area contributed by atoms with Gasteiger partial charge in [0.15, 0.2) is 0 Å². The minimum atomic E-state index is -0.304. The SMILES string of the molecule is Cc1nc(-c2ccc(B3OC(C)(C)C(C)(C)O3)cc2)cs1. The molecule has 0 radical (unpaired) electrons. The molecular weight excluding hydrogens is 281 g/mol. The normalized spacial score (nSPS) is 20.0. The van der Waals surface area contributed by atoms with Crippen molar-refractivity contribution in [3.63, 3.8) is 0 Å². The van der Waals surface area contributed by atoms with Crippen molar-refractivity contribution in [3.05, 3.63) is 34.7 Å². The number of aryl methyl sites for hydroxylation is 1. The van der Waals surface area contributed by atoms with E-state index in [4.69, 9.17) is 9.31 Å². The number of hydrogen-bond donors (Lipinski definition) is 0. The average Bonchev–Trinajstić information content (AvgIpc) is 2.92. The lowest BCUT2D eigenvalue weighted by molar-refractivity contribution is 0.00578. The van der Waals surface area contributed by atoms with E-state index < -0.39 is 0 Å². The zero-order valence-corrected chi connectivity index (χ0v) is 14.0. The van der Waals surface area contributed by atoms with Crippen LogP contribution in [0.15, 0.2) is 29.6 Å². The van der Waals surface area contributed by atoms with Crippen molar-refractivity contribution >= 4 is 23.9 Å². The van der Waals surface area contributed by atoms with Crippen molar-refractivity contribution in [2.75, 3.05) is 0 Å². The Morgan fingerprint density at radius 2 is 1.57 bits per heavy atom. The zero-order chi connectivity index (χ0) is 15.3. The van der Waals surface area contributed by atoms with Crippen LogP contribution in [0, 0.1) is 6.92 Å². The average molecular weight is 301 g/mol. The summed E-state index contributed by atoms with van der Waals surface area (Å²) in [6, 6.07) is 8.28. The third kappa shape index (κ3) is 2.66. The first-order valence-electron chi connectivity index (χ1n) is 7.17. The second-order valence-corrected chi connectivity index (χ2v) is 7.52. The highest BCUT2D eigenvalue weighted by atomic mass is 32.1. The number of hydrogen-bond acceptors (Lipinski definition) is 4.